The minimum absolute atomic E-state index is 0.650. The lowest BCUT2D eigenvalue weighted by molar-refractivity contribution is 1.35. The van der Waals surface area contributed by atoms with E-state index in [-0.39, 0.29) is 0 Å². The molecule has 0 bridgehead atoms. The van der Waals surface area contributed by atoms with Crippen LogP contribution in [-0.2, 0) is 0 Å². The predicted molar refractivity (Wildman–Crippen MR) is 73.6 cm³/mol. The van der Waals surface area contributed by atoms with Gasteiger partial charge in [-0.2, -0.15) is 0 Å². The number of nitrogens with one attached hydrogen (secondary N) is 1. The molecule has 0 atom stereocenters. The molecule has 0 aliphatic heterocycles. The third-order valence-electron chi connectivity index (χ3n) is 2.70. The van der Waals surface area contributed by atoms with Crippen LogP contribution in [0.15, 0.2) is 47.1 Å². The van der Waals surface area contributed by atoms with Crippen molar-refractivity contribution >= 4 is 32.8 Å². The van der Waals surface area contributed by atoms with E-state index in [0.717, 1.165) is 26.8 Å². The Bertz CT molecular complexity index is 674. The maximum absolute atomic E-state index is 6.02. The van der Waals surface area contributed by atoms with Crippen LogP contribution in [-0.4, -0.2) is 9.97 Å². The standard InChI is InChI=1S/C13H10BrN3/c14-10-7-6-9-12(17-10)11(13(15)16-9)8-4-2-1-3-5-8/h1-7,16H,15H2. The van der Waals surface area contributed by atoms with Crippen molar-refractivity contribution < 1.29 is 0 Å². The molecule has 3 rings (SSSR count). The van der Waals surface area contributed by atoms with Gasteiger partial charge in [0.25, 0.3) is 0 Å². The third kappa shape index (κ3) is 1.70. The number of fused-ring (bicyclic) bond motifs is 1. The second kappa shape index (κ2) is 3.89. The number of benzene rings is 1. The van der Waals surface area contributed by atoms with Crippen molar-refractivity contribution in [1.82, 2.24) is 9.97 Å². The van der Waals surface area contributed by atoms with Gasteiger partial charge in [-0.15, -0.1) is 0 Å². The van der Waals surface area contributed by atoms with Crippen LogP contribution in [0.25, 0.3) is 22.2 Å². The first-order valence-corrected chi connectivity index (χ1v) is 6.04. The Morgan fingerprint density at radius 3 is 2.59 bits per heavy atom. The number of aromatic nitrogens is 2. The smallest absolute Gasteiger partial charge is 0.111 e. The van der Waals surface area contributed by atoms with E-state index in [1.807, 2.05) is 42.5 Å². The van der Waals surface area contributed by atoms with Crippen LogP contribution in [0.4, 0.5) is 5.82 Å². The molecule has 3 aromatic rings. The monoisotopic (exact) mass is 287 g/mol. The SMILES string of the molecule is Nc1[nH]c2ccc(Br)nc2c1-c1ccccc1. The van der Waals surface area contributed by atoms with Crippen LogP contribution in [0.3, 0.4) is 0 Å². The van der Waals surface area contributed by atoms with Gasteiger partial charge < -0.3 is 10.7 Å². The molecule has 3 nitrogen and oxygen atoms in total. The second-order valence-electron chi connectivity index (χ2n) is 3.81. The van der Waals surface area contributed by atoms with E-state index in [0.29, 0.717) is 5.82 Å². The molecule has 84 valence electrons. The van der Waals surface area contributed by atoms with Crippen LogP contribution in [0.1, 0.15) is 0 Å². The summed E-state index contributed by atoms with van der Waals surface area (Å²) in [4.78, 5) is 7.63. The van der Waals surface area contributed by atoms with Gasteiger partial charge in [-0.1, -0.05) is 30.3 Å². The fourth-order valence-electron chi connectivity index (χ4n) is 1.96. The van der Waals surface area contributed by atoms with Crippen LogP contribution >= 0.6 is 15.9 Å². The third-order valence-corrected chi connectivity index (χ3v) is 3.14. The van der Waals surface area contributed by atoms with Crippen LogP contribution in [0.5, 0.6) is 0 Å². The van der Waals surface area contributed by atoms with Gasteiger partial charge in [0, 0.05) is 5.56 Å². The molecule has 0 radical (unpaired) electrons. The van der Waals surface area contributed by atoms with Gasteiger partial charge in [0.05, 0.1) is 11.0 Å². The lowest BCUT2D eigenvalue weighted by atomic mass is 10.1. The highest BCUT2D eigenvalue weighted by atomic mass is 79.9. The Morgan fingerprint density at radius 1 is 1.06 bits per heavy atom. The zero-order valence-electron chi connectivity index (χ0n) is 8.94. The number of aromatic amines is 1. The molecule has 2 heterocycles. The van der Waals surface area contributed by atoms with Crippen molar-refractivity contribution in [2.45, 2.75) is 0 Å². The summed E-state index contributed by atoms with van der Waals surface area (Å²) in [5.41, 5.74) is 9.90. The van der Waals surface area contributed by atoms with Crippen molar-refractivity contribution in [2.24, 2.45) is 0 Å². The number of hydrogen-bond acceptors (Lipinski definition) is 2. The second-order valence-corrected chi connectivity index (χ2v) is 4.62. The number of nitrogens with two attached hydrogens (primary N) is 1. The highest BCUT2D eigenvalue weighted by molar-refractivity contribution is 9.10. The minimum atomic E-state index is 0.650. The van der Waals surface area contributed by atoms with Crippen molar-refractivity contribution in [2.75, 3.05) is 5.73 Å². The molecule has 2 aromatic heterocycles. The summed E-state index contributed by atoms with van der Waals surface area (Å²) in [6.45, 7) is 0. The van der Waals surface area contributed by atoms with Crippen molar-refractivity contribution in [1.29, 1.82) is 0 Å². The fourth-order valence-corrected chi connectivity index (χ4v) is 2.27. The van der Waals surface area contributed by atoms with Gasteiger partial charge in [0.2, 0.25) is 0 Å². The summed E-state index contributed by atoms with van der Waals surface area (Å²) in [6.07, 6.45) is 0. The first-order valence-electron chi connectivity index (χ1n) is 5.25. The van der Waals surface area contributed by atoms with Gasteiger partial charge in [0.15, 0.2) is 0 Å². The lowest BCUT2D eigenvalue weighted by Crippen LogP contribution is -1.87. The fraction of sp³-hybridized carbons (Fsp3) is 0. The van der Waals surface area contributed by atoms with Crippen LogP contribution < -0.4 is 5.73 Å². The summed E-state index contributed by atoms with van der Waals surface area (Å²) in [5.74, 6) is 0.650. The number of nitrogen functional groups attached to an aromatic ring is 1. The summed E-state index contributed by atoms with van der Waals surface area (Å²) in [7, 11) is 0. The Labute approximate surface area is 107 Å². The highest BCUT2D eigenvalue weighted by Gasteiger charge is 2.12. The Hall–Kier alpha value is -1.81. The van der Waals surface area contributed by atoms with E-state index in [9.17, 15) is 0 Å². The molecular weight excluding hydrogens is 278 g/mol. The number of rotatable bonds is 1. The molecule has 0 amide bonds. The van der Waals surface area contributed by atoms with E-state index in [2.05, 4.69) is 25.9 Å². The summed E-state index contributed by atoms with van der Waals surface area (Å²) in [6, 6.07) is 13.9. The average molecular weight is 288 g/mol. The van der Waals surface area contributed by atoms with Gasteiger partial charge >= 0.3 is 0 Å². The molecule has 3 N–H and O–H groups in total. The molecule has 4 heteroatoms. The maximum Gasteiger partial charge on any atom is 0.111 e. The van der Waals surface area contributed by atoms with Crippen LogP contribution in [0.2, 0.25) is 0 Å². The molecule has 0 unspecified atom stereocenters. The zero-order chi connectivity index (χ0) is 11.8. The summed E-state index contributed by atoms with van der Waals surface area (Å²) >= 11 is 3.38. The Kier molecular flexibility index (Phi) is 2.37. The number of H-pyrrole nitrogens is 1. The molecule has 1 aromatic carbocycles. The van der Waals surface area contributed by atoms with Gasteiger partial charge in [-0.05, 0) is 33.6 Å². The Balaban J connectivity index is 2.35. The predicted octanol–water partition coefficient (Wildman–Crippen LogP) is 3.57. The molecule has 17 heavy (non-hydrogen) atoms. The number of pyridine rings is 1. The van der Waals surface area contributed by atoms with Crippen molar-refractivity contribution in [3.63, 3.8) is 0 Å². The Morgan fingerprint density at radius 2 is 1.82 bits per heavy atom. The van der Waals surface area contributed by atoms with E-state index >= 15 is 0 Å². The normalized spacial score (nSPS) is 10.9. The minimum Gasteiger partial charge on any atom is -0.385 e. The van der Waals surface area contributed by atoms with E-state index in [1.165, 1.54) is 0 Å². The zero-order valence-corrected chi connectivity index (χ0v) is 10.5. The molecule has 0 aliphatic rings. The number of halogens is 1. The molecular formula is C13H10BrN3. The van der Waals surface area contributed by atoms with Gasteiger partial charge in [-0.25, -0.2) is 4.98 Å². The quantitative estimate of drug-likeness (QED) is 0.672. The molecule has 0 spiro atoms. The number of nitrogens with zero attached hydrogens (tertiary/aromatic N) is 1. The van der Waals surface area contributed by atoms with E-state index < -0.39 is 0 Å². The topological polar surface area (TPSA) is 54.7 Å². The molecule has 0 saturated carbocycles. The highest BCUT2D eigenvalue weighted by Crippen LogP contribution is 2.33. The summed E-state index contributed by atoms with van der Waals surface area (Å²) in [5, 5.41) is 0. The first kappa shape index (κ1) is 10.4. The van der Waals surface area contributed by atoms with E-state index in [1.54, 1.807) is 0 Å². The molecule has 0 aliphatic carbocycles. The maximum atomic E-state index is 6.02. The van der Waals surface area contributed by atoms with Gasteiger partial charge in [-0.3, -0.25) is 0 Å². The van der Waals surface area contributed by atoms with Gasteiger partial charge in [0.1, 0.15) is 10.4 Å². The number of hydrogen-bond donors (Lipinski definition) is 2. The largest absolute Gasteiger partial charge is 0.385 e. The van der Waals surface area contributed by atoms with Crippen molar-refractivity contribution in [3.05, 3.63) is 47.1 Å². The summed E-state index contributed by atoms with van der Waals surface area (Å²) < 4.78 is 0.807. The first-order chi connectivity index (χ1) is 8.25. The molecule has 0 fully saturated rings. The van der Waals surface area contributed by atoms with E-state index in [4.69, 9.17) is 5.73 Å². The average Bonchev–Trinajstić information content (AvgIpc) is 2.65. The lowest BCUT2D eigenvalue weighted by Gasteiger charge is -2.00. The van der Waals surface area contributed by atoms with Crippen molar-refractivity contribution in [3.8, 4) is 11.1 Å². The van der Waals surface area contributed by atoms with Crippen LogP contribution in [0, 0.1) is 0 Å². The number of anilines is 1. The molecule has 0 saturated heterocycles.